The van der Waals surface area contributed by atoms with Crippen LogP contribution < -0.4 is 0 Å². The van der Waals surface area contributed by atoms with Crippen LogP contribution >= 0.6 is 0 Å². The van der Waals surface area contributed by atoms with E-state index in [0.29, 0.717) is 6.42 Å². The number of hydrogen-bond donors (Lipinski definition) is 0. The number of hydrogen-bond acceptors (Lipinski definition) is 1. The number of unbranched alkanes of at least 4 members (excludes halogenated alkanes) is 3. The van der Waals surface area contributed by atoms with Crippen molar-refractivity contribution in [2.75, 3.05) is 0 Å². The Morgan fingerprint density at radius 1 is 1.33 bits per heavy atom. The van der Waals surface area contributed by atoms with E-state index in [1.165, 1.54) is 25.3 Å². The molecule has 0 aliphatic heterocycles. The minimum atomic E-state index is 0.0988. The van der Waals surface area contributed by atoms with Crippen LogP contribution in [0.5, 0.6) is 0 Å². The van der Waals surface area contributed by atoms with Crippen molar-refractivity contribution in [3.8, 4) is 0 Å². The molecule has 0 aromatic carbocycles. The van der Waals surface area contributed by atoms with Crippen molar-refractivity contribution in [3.63, 3.8) is 0 Å². The standard InChI is InChI=1S/C11H18O/c1-3-5-6-7-8-9-10-11(12)4-2/h4,8-9H,2-3,5-7,10H2,1H3. The lowest BCUT2D eigenvalue weighted by molar-refractivity contribution is -0.113. The molecule has 0 rings (SSSR count). The number of rotatable bonds is 7. The Bertz CT molecular complexity index is 156. The van der Waals surface area contributed by atoms with Crippen LogP contribution in [0.4, 0.5) is 0 Å². The lowest BCUT2D eigenvalue weighted by atomic mass is 10.2. The van der Waals surface area contributed by atoms with E-state index in [0.717, 1.165) is 6.42 Å². The number of allylic oxidation sites excluding steroid dienone is 3. The van der Waals surface area contributed by atoms with Crippen molar-refractivity contribution in [2.45, 2.75) is 39.0 Å². The van der Waals surface area contributed by atoms with E-state index in [2.05, 4.69) is 19.6 Å². The Balaban J connectivity index is 3.25. The van der Waals surface area contributed by atoms with E-state index >= 15 is 0 Å². The molecule has 0 aromatic heterocycles. The molecule has 0 radical (unpaired) electrons. The zero-order chi connectivity index (χ0) is 9.23. The second-order valence-electron chi connectivity index (χ2n) is 2.84. The first kappa shape index (κ1) is 11.2. The summed E-state index contributed by atoms with van der Waals surface area (Å²) < 4.78 is 0. The molecule has 0 heterocycles. The summed E-state index contributed by atoms with van der Waals surface area (Å²) >= 11 is 0. The highest BCUT2D eigenvalue weighted by atomic mass is 16.1. The Hall–Kier alpha value is -0.850. The Morgan fingerprint density at radius 2 is 2.08 bits per heavy atom. The molecule has 0 spiro atoms. The number of ketones is 1. The highest BCUT2D eigenvalue weighted by Crippen LogP contribution is 2.00. The zero-order valence-corrected chi connectivity index (χ0v) is 7.88. The SMILES string of the molecule is C=CC(=O)CC=CCCCCC. The van der Waals surface area contributed by atoms with Crippen LogP contribution in [0, 0.1) is 0 Å². The van der Waals surface area contributed by atoms with Crippen molar-refractivity contribution >= 4 is 5.78 Å². The fourth-order valence-electron chi connectivity index (χ4n) is 0.913. The minimum absolute atomic E-state index is 0.0988. The van der Waals surface area contributed by atoms with Crippen molar-refractivity contribution < 1.29 is 4.79 Å². The molecule has 0 saturated carbocycles. The fraction of sp³-hybridized carbons (Fsp3) is 0.545. The van der Waals surface area contributed by atoms with Crippen LogP contribution in [0.15, 0.2) is 24.8 Å². The second kappa shape index (κ2) is 8.25. The summed E-state index contributed by atoms with van der Waals surface area (Å²) in [4.78, 5) is 10.7. The summed E-state index contributed by atoms with van der Waals surface area (Å²) in [5.41, 5.74) is 0. The molecular formula is C11H18O. The molecule has 0 saturated heterocycles. The summed E-state index contributed by atoms with van der Waals surface area (Å²) in [6.45, 7) is 5.59. The van der Waals surface area contributed by atoms with Gasteiger partial charge in [-0.3, -0.25) is 4.79 Å². The number of carbonyl (C=O) groups is 1. The van der Waals surface area contributed by atoms with Gasteiger partial charge in [0, 0.05) is 6.42 Å². The van der Waals surface area contributed by atoms with Crippen molar-refractivity contribution in [1.82, 2.24) is 0 Å². The second-order valence-corrected chi connectivity index (χ2v) is 2.84. The van der Waals surface area contributed by atoms with Crippen molar-refractivity contribution in [2.24, 2.45) is 0 Å². The molecule has 12 heavy (non-hydrogen) atoms. The van der Waals surface area contributed by atoms with E-state index in [1.807, 2.05) is 6.08 Å². The molecule has 0 N–H and O–H groups in total. The van der Waals surface area contributed by atoms with Gasteiger partial charge in [0.1, 0.15) is 0 Å². The van der Waals surface area contributed by atoms with Gasteiger partial charge in [-0.25, -0.2) is 0 Å². The Morgan fingerprint density at radius 3 is 2.67 bits per heavy atom. The molecular weight excluding hydrogens is 148 g/mol. The lowest BCUT2D eigenvalue weighted by Gasteiger charge is -1.91. The highest BCUT2D eigenvalue weighted by molar-refractivity contribution is 5.90. The van der Waals surface area contributed by atoms with E-state index in [1.54, 1.807) is 0 Å². The molecule has 0 aromatic rings. The third-order valence-electron chi connectivity index (χ3n) is 1.69. The van der Waals surface area contributed by atoms with E-state index in [9.17, 15) is 4.79 Å². The molecule has 0 aliphatic carbocycles. The first-order chi connectivity index (χ1) is 5.81. The average Bonchev–Trinajstić information content (AvgIpc) is 2.10. The molecule has 68 valence electrons. The topological polar surface area (TPSA) is 17.1 Å². The maximum absolute atomic E-state index is 10.7. The first-order valence-corrected chi connectivity index (χ1v) is 4.61. The van der Waals surface area contributed by atoms with E-state index < -0.39 is 0 Å². The van der Waals surface area contributed by atoms with Gasteiger partial charge in [0.2, 0.25) is 0 Å². The summed E-state index contributed by atoms with van der Waals surface area (Å²) in [7, 11) is 0. The van der Waals surface area contributed by atoms with Crippen LogP contribution in [-0.4, -0.2) is 5.78 Å². The van der Waals surface area contributed by atoms with Crippen LogP contribution in [-0.2, 0) is 4.79 Å². The molecule has 0 aliphatic rings. The number of carbonyl (C=O) groups excluding carboxylic acids is 1. The summed E-state index contributed by atoms with van der Waals surface area (Å²) in [6, 6.07) is 0. The largest absolute Gasteiger partial charge is 0.295 e. The predicted molar refractivity (Wildman–Crippen MR) is 53.1 cm³/mol. The maximum Gasteiger partial charge on any atom is 0.158 e. The molecule has 0 amide bonds. The summed E-state index contributed by atoms with van der Waals surface area (Å²) in [5, 5.41) is 0. The minimum Gasteiger partial charge on any atom is -0.295 e. The van der Waals surface area contributed by atoms with Crippen molar-refractivity contribution in [1.29, 1.82) is 0 Å². The van der Waals surface area contributed by atoms with Crippen LogP contribution in [0.2, 0.25) is 0 Å². The smallest absolute Gasteiger partial charge is 0.158 e. The summed E-state index contributed by atoms with van der Waals surface area (Å²) in [5.74, 6) is 0.0988. The fourth-order valence-corrected chi connectivity index (χ4v) is 0.913. The first-order valence-electron chi connectivity index (χ1n) is 4.61. The van der Waals surface area contributed by atoms with Gasteiger partial charge < -0.3 is 0 Å². The Labute approximate surface area is 75.2 Å². The van der Waals surface area contributed by atoms with Gasteiger partial charge in [-0.15, -0.1) is 0 Å². The summed E-state index contributed by atoms with van der Waals surface area (Å²) in [6.07, 6.45) is 10.7. The zero-order valence-electron chi connectivity index (χ0n) is 7.88. The van der Waals surface area contributed by atoms with Gasteiger partial charge in [0.25, 0.3) is 0 Å². The van der Waals surface area contributed by atoms with Crippen molar-refractivity contribution in [3.05, 3.63) is 24.8 Å². The lowest BCUT2D eigenvalue weighted by Crippen LogP contribution is -1.86. The molecule has 1 nitrogen and oxygen atoms in total. The molecule has 0 atom stereocenters. The molecule has 0 fully saturated rings. The van der Waals surface area contributed by atoms with Gasteiger partial charge in [-0.05, 0) is 18.9 Å². The van der Waals surface area contributed by atoms with Gasteiger partial charge in [0.15, 0.2) is 5.78 Å². The molecule has 0 unspecified atom stereocenters. The van der Waals surface area contributed by atoms with Gasteiger partial charge in [0.05, 0.1) is 0 Å². The van der Waals surface area contributed by atoms with Crippen LogP contribution in [0.25, 0.3) is 0 Å². The third kappa shape index (κ3) is 7.26. The molecule has 1 heteroatoms. The van der Waals surface area contributed by atoms with Gasteiger partial charge in [-0.2, -0.15) is 0 Å². The quantitative estimate of drug-likeness (QED) is 0.322. The normalized spacial score (nSPS) is 10.4. The predicted octanol–water partition coefficient (Wildman–Crippen LogP) is 3.27. The van der Waals surface area contributed by atoms with E-state index in [-0.39, 0.29) is 5.78 Å². The molecule has 0 bridgehead atoms. The average molecular weight is 166 g/mol. The van der Waals surface area contributed by atoms with Gasteiger partial charge >= 0.3 is 0 Å². The maximum atomic E-state index is 10.7. The van der Waals surface area contributed by atoms with Crippen LogP contribution in [0.1, 0.15) is 39.0 Å². The third-order valence-corrected chi connectivity index (χ3v) is 1.69. The highest BCUT2D eigenvalue weighted by Gasteiger charge is 1.88. The monoisotopic (exact) mass is 166 g/mol. The van der Waals surface area contributed by atoms with E-state index in [4.69, 9.17) is 0 Å². The van der Waals surface area contributed by atoms with Gasteiger partial charge in [-0.1, -0.05) is 38.5 Å². The Kier molecular flexibility index (Phi) is 7.66. The van der Waals surface area contributed by atoms with Crippen LogP contribution in [0.3, 0.4) is 0 Å².